The largest absolute Gasteiger partial charge is 0.507 e. The molecule has 0 bridgehead atoms. The van der Waals surface area contributed by atoms with E-state index in [4.69, 9.17) is 11.6 Å². The van der Waals surface area contributed by atoms with Gasteiger partial charge in [-0.15, -0.1) is 0 Å². The minimum atomic E-state index is -0.563. The van der Waals surface area contributed by atoms with E-state index < -0.39 is 11.7 Å². The van der Waals surface area contributed by atoms with E-state index >= 15 is 0 Å². The van der Waals surface area contributed by atoms with Crippen molar-refractivity contribution in [3.8, 4) is 5.75 Å². The molecular formula is C14H10ClFN2O2. The molecule has 0 fully saturated rings. The molecule has 2 aromatic rings. The summed E-state index contributed by atoms with van der Waals surface area (Å²) in [5, 5.41) is 13.5. The Labute approximate surface area is 119 Å². The van der Waals surface area contributed by atoms with Gasteiger partial charge in [0.25, 0.3) is 5.91 Å². The number of halogens is 2. The lowest BCUT2D eigenvalue weighted by Gasteiger charge is -2.02. The number of phenolic OH excluding ortho intramolecular Hbond substituents is 1. The van der Waals surface area contributed by atoms with Gasteiger partial charge < -0.3 is 5.11 Å². The first-order valence-electron chi connectivity index (χ1n) is 5.64. The molecule has 0 atom stereocenters. The fourth-order valence-electron chi connectivity index (χ4n) is 1.50. The van der Waals surface area contributed by atoms with Crippen LogP contribution < -0.4 is 5.43 Å². The summed E-state index contributed by atoms with van der Waals surface area (Å²) >= 11 is 5.87. The number of nitrogens with one attached hydrogen (secondary N) is 1. The maximum Gasteiger partial charge on any atom is 0.271 e. The van der Waals surface area contributed by atoms with E-state index in [1.54, 1.807) is 12.1 Å². The van der Waals surface area contributed by atoms with Gasteiger partial charge in [0.2, 0.25) is 0 Å². The standard InChI is InChI=1S/C14H10ClFN2O2/c15-12-5-2-6-13(19)11(12)8-17-18-14(20)9-3-1-4-10(16)7-9/h1-8,19H,(H,18,20). The van der Waals surface area contributed by atoms with Crippen molar-refractivity contribution in [2.45, 2.75) is 0 Å². The van der Waals surface area contributed by atoms with Crippen LogP contribution in [0.4, 0.5) is 4.39 Å². The monoisotopic (exact) mass is 292 g/mol. The SMILES string of the molecule is O=C(NN=Cc1c(O)cccc1Cl)c1cccc(F)c1. The molecule has 0 unspecified atom stereocenters. The van der Waals surface area contributed by atoms with Gasteiger partial charge in [0.15, 0.2) is 0 Å². The van der Waals surface area contributed by atoms with Crippen molar-refractivity contribution in [2.24, 2.45) is 5.10 Å². The fourth-order valence-corrected chi connectivity index (χ4v) is 1.72. The zero-order valence-electron chi connectivity index (χ0n) is 10.2. The number of carbonyl (C=O) groups excluding carboxylic acids is 1. The molecule has 0 aliphatic carbocycles. The lowest BCUT2D eigenvalue weighted by atomic mass is 10.2. The van der Waals surface area contributed by atoms with E-state index in [0.717, 1.165) is 6.07 Å². The van der Waals surface area contributed by atoms with Gasteiger partial charge in [-0.3, -0.25) is 4.79 Å². The molecular weight excluding hydrogens is 283 g/mol. The fraction of sp³-hybridized carbons (Fsp3) is 0. The molecule has 0 spiro atoms. The number of nitrogens with zero attached hydrogens (tertiary/aromatic N) is 1. The van der Waals surface area contributed by atoms with Gasteiger partial charge in [-0.05, 0) is 30.3 Å². The number of aromatic hydroxyl groups is 1. The van der Waals surface area contributed by atoms with E-state index in [0.29, 0.717) is 5.02 Å². The number of carbonyl (C=O) groups is 1. The average Bonchev–Trinajstić information content (AvgIpc) is 2.42. The van der Waals surface area contributed by atoms with Gasteiger partial charge in [0, 0.05) is 5.56 Å². The number of hydrogen-bond donors (Lipinski definition) is 2. The highest BCUT2D eigenvalue weighted by Crippen LogP contribution is 2.22. The quantitative estimate of drug-likeness (QED) is 0.675. The highest BCUT2D eigenvalue weighted by atomic mass is 35.5. The number of amides is 1. The van der Waals surface area contributed by atoms with E-state index in [-0.39, 0.29) is 16.9 Å². The van der Waals surface area contributed by atoms with Crippen LogP contribution in [0.15, 0.2) is 47.6 Å². The van der Waals surface area contributed by atoms with Crippen molar-refractivity contribution < 1.29 is 14.3 Å². The minimum Gasteiger partial charge on any atom is -0.507 e. The van der Waals surface area contributed by atoms with Crippen molar-refractivity contribution in [3.63, 3.8) is 0 Å². The Morgan fingerprint density at radius 1 is 1.30 bits per heavy atom. The predicted molar refractivity (Wildman–Crippen MR) is 74.6 cm³/mol. The number of hydrogen-bond acceptors (Lipinski definition) is 3. The van der Waals surface area contributed by atoms with Crippen molar-refractivity contribution in [1.82, 2.24) is 5.43 Å². The third-order valence-corrected chi connectivity index (χ3v) is 2.81. The first-order valence-corrected chi connectivity index (χ1v) is 6.02. The summed E-state index contributed by atoms with van der Waals surface area (Å²) in [7, 11) is 0. The zero-order chi connectivity index (χ0) is 14.5. The summed E-state index contributed by atoms with van der Waals surface area (Å²) in [6.07, 6.45) is 1.22. The Balaban J connectivity index is 2.09. The molecule has 0 radical (unpaired) electrons. The van der Waals surface area contributed by atoms with E-state index in [1.807, 2.05) is 0 Å². The molecule has 2 N–H and O–H groups in total. The Kier molecular flexibility index (Phi) is 4.32. The number of phenols is 1. The molecule has 4 nitrogen and oxygen atoms in total. The predicted octanol–water partition coefficient (Wildman–Crippen LogP) is 2.95. The summed E-state index contributed by atoms with van der Waals surface area (Å²) in [4.78, 5) is 11.7. The lowest BCUT2D eigenvalue weighted by Crippen LogP contribution is -2.17. The Bertz CT molecular complexity index is 654. The molecule has 0 heterocycles. The van der Waals surface area contributed by atoms with E-state index in [9.17, 15) is 14.3 Å². The normalized spacial score (nSPS) is 10.7. The molecule has 6 heteroatoms. The van der Waals surface area contributed by atoms with Crippen LogP contribution in [0.2, 0.25) is 5.02 Å². The third-order valence-electron chi connectivity index (χ3n) is 2.48. The Hall–Kier alpha value is -2.40. The molecule has 0 aliphatic heterocycles. The van der Waals surface area contributed by atoms with Crippen LogP contribution in [-0.4, -0.2) is 17.2 Å². The van der Waals surface area contributed by atoms with Gasteiger partial charge >= 0.3 is 0 Å². The molecule has 2 rings (SSSR count). The molecule has 1 amide bonds. The lowest BCUT2D eigenvalue weighted by molar-refractivity contribution is 0.0954. The van der Waals surface area contributed by atoms with Crippen molar-refractivity contribution in [1.29, 1.82) is 0 Å². The van der Waals surface area contributed by atoms with Crippen LogP contribution >= 0.6 is 11.6 Å². The number of benzene rings is 2. The summed E-state index contributed by atoms with van der Waals surface area (Å²) in [6.45, 7) is 0. The highest BCUT2D eigenvalue weighted by Gasteiger charge is 2.06. The highest BCUT2D eigenvalue weighted by molar-refractivity contribution is 6.33. The first-order chi connectivity index (χ1) is 9.58. The number of hydrazone groups is 1. The van der Waals surface area contributed by atoms with Crippen LogP contribution in [0.3, 0.4) is 0 Å². The molecule has 102 valence electrons. The van der Waals surface area contributed by atoms with E-state index in [1.165, 1.54) is 30.5 Å². The summed E-state index contributed by atoms with van der Waals surface area (Å²) in [6, 6.07) is 9.83. The smallest absolute Gasteiger partial charge is 0.271 e. The van der Waals surface area contributed by atoms with Gasteiger partial charge in [-0.2, -0.15) is 5.10 Å². The maximum absolute atomic E-state index is 13.0. The second-order valence-corrected chi connectivity index (χ2v) is 4.29. The summed E-state index contributed by atoms with van der Waals surface area (Å²) < 4.78 is 13.0. The zero-order valence-corrected chi connectivity index (χ0v) is 10.9. The second kappa shape index (κ2) is 6.16. The van der Waals surface area contributed by atoms with Crippen molar-refractivity contribution >= 4 is 23.7 Å². The average molecular weight is 293 g/mol. The van der Waals surface area contributed by atoms with Crippen LogP contribution in [0.1, 0.15) is 15.9 Å². The maximum atomic E-state index is 13.0. The van der Waals surface area contributed by atoms with Crippen molar-refractivity contribution in [3.05, 3.63) is 64.4 Å². The van der Waals surface area contributed by atoms with Gasteiger partial charge in [0.1, 0.15) is 11.6 Å². The van der Waals surface area contributed by atoms with E-state index in [2.05, 4.69) is 10.5 Å². The molecule has 0 saturated carbocycles. The van der Waals surface area contributed by atoms with Crippen LogP contribution in [0.25, 0.3) is 0 Å². The summed E-state index contributed by atoms with van der Waals surface area (Å²) in [5.41, 5.74) is 2.65. The topological polar surface area (TPSA) is 61.7 Å². The second-order valence-electron chi connectivity index (χ2n) is 3.88. The first kappa shape index (κ1) is 14.0. The molecule has 0 aliphatic rings. The van der Waals surface area contributed by atoms with Gasteiger partial charge in [0.05, 0.1) is 16.8 Å². The molecule has 0 saturated heterocycles. The van der Waals surface area contributed by atoms with Crippen LogP contribution in [0.5, 0.6) is 5.75 Å². The Morgan fingerprint density at radius 3 is 2.75 bits per heavy atom. The molecule has 0 aromatic heterocycles. The third kappa shape index (κ3) is 3.33. The number of rotatable bonds is 3. The summed E-state index contributed by atoms with van der Waals surface area (Å²) in [5.74, 6) is -1.13. The van der Waals surface area contributed by atoms with Crippen molar-refractivity contribution in [2.75, 3.05) is 0 Å². The molecule has 20 heavy (non-hydrogen) atoms. The minimum absolute atomic E-state index is 0.0544. The van der Waals surface area contributed by atoms with Crippen LogP contribution in [0, 0.1) is 5.82 Å². The molecule has 2 aromatic carbocycles. The van der Waals surface area contributed by atoms with Gasteiger partial charge in [-0.25, -0.2) is 9.82 Å². The van der Waals surface area contributed by atoms with Gasteiger partial charge in [-0.1, -0.05) is 23.7 Å². The Morgan fingerprint density at radius 2 is 2.05 bits per heavy atom. The van der Waals surface area contributed by atoms with Crippen LogP contribution in [-0.2, 0) is 0 Å².